The second-order valence-electron chi connectivity index (χ2n) is 5.54. The fraction of sp³-hybridized carbons (Fsp3) is 0.692. The highest BCUT2D eigenvalue weighted by molar-refractivity contribution is 7.11. The normalized spacial score (nSPS) is 22.2. The topological polar surface area (TPSA) is 63.2 Å². The monoisotopic (exact) mass is 283 g/mol. The lowest BCUT2D eigenvalue weighted by Crippen LogP contribution is -2.54. The maximum Gasteiger partial charge on any atom is 0.263 e. The second kappa shape index (κ2) is 5.98. The Labute approximate surface area is 117 Å². The highest BCUT2D eigenvalue weighted by atomic mass is 32.1. The maximum absolute atomic E-state index is 12.3. The molecule has 2 N–H and O–H groups in total. The Kier molecular flexibility index (Phi) is 4.54. The van der Waals surface area contributed by atoms with Crippen LogP contribution in [0.5, 0.6) is 0 Å². The van der Waals surface area contributed by atoms with Gasteiger partial charge in [-0.1, -0.05) is 13.8 Å². The molecular formula is C13H21N3O2S. The summed E-state index contributed by atoms with van der Waals surface area (Å²) in [4.78, 5) is 17.2. The van der Waals surface area contributed by atoms with Crippen LogP contribution in [0.25, 0.3) is 0 Å². The van der Waals surface area contributed by atoms with Gasteiger partial charge in [-0.3, -0.25) is 4.79 Å². The first-order chi connectivity index (χ1) is 9.04. The van der Waals surface area contributed by atoms with E-state index in [4.69, 9.17) is 4.74 Å². The first-order valence-electron chi connectivity index (χ1n) is 6.47. The first kappa shape index (κ1) is 14.4. The van der Waals surface area contributed by atoms with Crippen molar-refractivity contribution in [1.29, 1.82) is 0 Å². The molecule has 1 saturated heterocycles. The van der Waals surface area contributed by atoms with Gasteiger partial charge in [0.1, 0.15) is 4.88 Å². The Morgan fingerprint density at radius 2 is 2.47 bits per heavy atom. The van der Waals surface area contributed by atoms with Gasteiger partial charge in [0.05, 0.1) is 17.8 Å². The summed E-state index contributed by atoms with van der Waals surface area (Å²) in [6.45, 7) is 6.59. The quantitative estimate of drug-likeness (QED) is 0.877. The van der Waals surface area contributed by atoms with Crippen LogP contribution in [0.4, 0.5) is 0 Å². The van der Waals surface area contributed by atoms with E-state index >= 15 is 0 Å². The molecule has 1 aromatic rings. The molecule has 1 aliphatic rings. The molecule has 0 saturated carbocycles. The van der Waals surface area contributed by atoms with E-state index in [0.29, 0.717) is 11.5 Å². The van der Waals surface area contributed by atoms with Crippen LogP contribution in [0, 0.1) is 5.41 Å². The molecule has 1 aromatic heterocycles. The van der Waals surface area contributed by atoms with Gasteiger partial charge in [0.2, 0.25) is 0 Å². The molecule has 0 aliphatic carbocycles. The van der Waals surface area contributed by atoms with Gasteiger partial charge in [-0.15, -0.1) is 11.3 Å². The fourth-order valence-corrected chi connectivity index (χ4v) is 3.05. The van der Waals surface area contributed by atoms with Crippen molar-refractivity contribution < 1.29 is 9.53 Å². The number of carbonyl (C=O) groups is 1. The van der Waals surface area contributed by atoms with E-state index in [1.54, 1.807) is 12.6 Å². The minimum Gasteiger partial charge on any atom is -0.378 e. The van der Waals surface area contributed by atoms with Gasteiger partial charge in [0.25, 0.3) is 5.91 Å². The van der Waals surface area contributed by atoms with Gasteiger partial charge in [-0.05, 0) is 18.4 Å². The molecule has 1 aliphatic heterocycles. The maximum atomic E-state index is 12.3. The molecule has 1 unspecified atom stereocenters. The fourth-order valence-electron chi connectivity index (χ4n) is 2.36. The Morgan fingerprint density at radius 1 is 1.68 bits per heavy atom. The van der Waals surface area contributed by atoms with Crippen molar-refractivity contribution in [3.63, 3.8) is 0 Å². The Bertz CT molecular complexity index is 445. The van der Waals surface area contributed by atoms with Crippen molar-refractivity contribution in [3.05, 3.63) is 16.1 Å². The highest BCUT2D eigenvalue weighted by Crippen LogP contribution is 2.26. The second-order valence-corrected chi connectivity index (χ2v) is 6.40. The number of methoxy groups -OCH3 is 1. The van der Waals surface area contributed by atoms with Gasteiger partial charge in [-0.2, -0.15) is 0 Å². The summed E-state index contributed by atoms with van der Waals surface area (Å²) < 4.78 is 5.06. The predicted molar refractivity (Wildman–Crippen MR) is 75.3 cm³/mol. The molecule has 0 spiro atoms. The van der Waals surface area contributed by atoms with Crippen molar-refractivity contribution in [1.82, 2.24) is 15.6 Å². The third-order valence-electron chi connectivity index (χ3n) is 3.57. The minimum absolute atomic E-state index is 0.0328. The average molecular weight is 283 g/mol. The third-order valence-corrected chi connectivity index (χ3v) is 4.44. The Balaban J connectivity index is 2.05. The van der Waals surface area contributed by atoms with Crippen LogP contribution in [0.1, 0.15) is 35.6 Å². The molecule has 0 radical (unpaired) electrons. The number of thiazole rings is 1. The number of nitrogens with zero attached hydrogens (tertiary/aromatic N) is 1. The molecular weight excluding hydrogens is 262 g/mol. The summed E-state index contributed by atoms with van der Waals surface area (Å²) >= 11 is 1.37. The smallest absolute Gasteiger partial charge is 0.263 e. The molecule has 1 amide bonds. The van der Waals surface area contributed by atoms with Gasteiger partial charge < -0.3 is 15.4 Å². The van der Waals surface area contributed by atoms with Crippen LogP contribution >= 0.6 is 11.3 Å². The summed E-state index contributed by atoms with van der Waals surface area (Å²) in [5, 5.41) is 6.51. The lowest BCUT2D eigenvalue weighted by molar-refractivity contribution is 0.0868. The third kappa shape index (κ3) is 3.32. The van der Waals surface area contributed by atoms with Crippen LogP contribution in [0.3, 0.4) is 0 Å². The molecule has 1 atom stereocenters. The molecule has 5 nitrogen and oxygen atoms in total. The number of rotatable bonds is 4. The number of hydrogen-bond donors (Lipinski definition) is 2. The van der Waals surface area contributed by atoms with Crippen molar-refractivity contribution in [2.24, 2.45) is 5.41 Å². The molecule has 6 heteroatoms. The number of amides is 1. The Hall–Kier alpha value is -0.980. The van der Waals surface area contributed by atoms with Crippen LogP contribution < -0.4 is 10.6 Å². The van der Waals surface area contributed by atoms with E-state index in [9.17, 15) is 4.79 Å². The minimum atomic E-state index is -0.0328. The van der Waals surface area contributed by atoms with E-state index in [1.807, 2.05) is 0 Å². The number of carbonyl (C=O) groups excluding carboxylic acids is 1. The molecule has 19 heavy (non-hydrogen) atoms. The van der Waals surface area contributed by atoms with Crippen molar-refractivity contribution in [2.75, 3.05) is 20.2 Å². The summed E-state index contributed by atoms with van der Waals surface area (Å²) in [5.41, 5.74) is 2.48. The highest BCUT2D eigenvalue weighted by Gasteiger charge is 2.33. The number of aromatic nitrogens is 1. The van der Waals surface area contributed by atoms with Crippen molar-refractivity contribution >= 4 is 17.2 Å². The van der Waals surface area contributed by atoms with Gasteiger partial charge in [-0.25, -0.2) is 4.98 Å². The number of hydrogen-bond acceptors (Lipinski definition) is 5. The molecule has 106 valence electrons. The molecule has 2 heterocycles. The van der Waals surface area contributed by atoms with Gasteiger partial charge in [0.15, 0.2) is 0 Å². The zero-order valence-electron chi connectivity index (χ0n) is 11.7. The summed E-state index contributed by atoms with van der Waals surface area (Å²) in [7, 11) is 1.61. The van der Waals surface area contributed by atoms with Gasteiger partial charge >= 0.3 is 0 Å². The van der Waals surface area contributed by atoms with E-state index in [2.05, 4.69) is 29.5 Å². The Morgan fingerprint density at radius 3 is 3.16 bits per heavy atom. The number of ether oxygens (including phenoxy) is 1. The van der Waals surface area contributed by atoms with Crippen LogP contribution in [0.15, 0.2) is 5.51 Å². The van der Waals surface area contributed by atoms with E-state index in [1.165, 1.54) is 11.3 Å². The van der Waals surface area contributed by atoms with Crippen LogP contribution in [-0.4, -0.2) is 37.1 Å². The summed E-state index contributed by atoms with van der Waals surface area (Å²) in [6, 6.07) is 0.193. The SMILES string of the molecule is COCc1ncsc1C(=O)NC1CCNCC1(C)C. The van der Waals surface area contributed by atoms with Crippen LogP contribution in [-0.2, 0) is 11.3 Å². The zero-order chi connectivity index (χ0) is 13.9. The molecule has 0 aromatic carbocycles. The summed E-state index contributed by atoms with van der Waals surface area (Å²) in [6.07, 6.45) is 0.956. The zero-order valence-corrected chi connectivity index (χ0v) is 12.5. The van der Waals surface area contributed by atoms with E-state index in [0.717, 1.165) is 25.2 Å². The van der Waals surface area contributed by atoms with E-state index in [-0.39, 0.29) is 17.4 Å². The average Bonchev–Trinajstić information content (AvgIpc) is 2.80. The molecule has 1 fully saturated rings. The number of piperidine rings is 1. The largest absolute Gasteiger partial charge is 0.378 e. The lowest BCUT2D eigenvalue weighted by Gasteiger charge is -2.39. The van der Waals surface area contributed by atoms with E-state index < -0.39 is 0 Å². The first-order valence-corrected chi connectivity index (χ1v) is 7.35. The van der Waals surface area contributed by atoms with Gasteiger partial charge in [0, 0.05) is 19.7 Å². The standard InChI is InChI=1S/C13H21N3O2S/c1-13(2)7-14-5-4-10(13)16-12(17)11-9(6-18-3)15-8-19-11/h8,10,14H,4-7H2,1-3H3,(H,16,17). The molecule has 2 rings (SSSR count). The number of nitrogens with one attached hydrogen (secondary N) is 2. The summed E-state index contributed by atoms with van der Waals surface area (Å²) in [5.74, 6) is -0.0328. The van der Waals surface area contributed by atoms with Crippen molar-refractivity contribution in [3.8, 4) is 0 Å². The van der Waals surface area contributed by atoms with Crippen molar-refractivity contribution in [2.45, 2.75) is 32.9 Å². The predicted octanol–water partition coefficient (Wildman–Crippen LogP) is 1.41. The molecule has 0 bridgehead atoms. The van der Waals surface area contributed by atoms with Crippen LogP contribution in [0.2, 0.25) is 0 Å². The lowest BCUT2D eigenvalue weighted by atomic mass is 9.80.